The lowest BCUT2D eigenvalue weighted by Crippen LogP contribution is -2.10. The molecule has 0 saturated carbocycles. The number of aryl methyl sites for hydroxylation is 1. The molecule has 0 aliphatic heterocycles. The van der Waals surface area contributed by atoms with Gasteiger partial charge in [0.05, 0.1) is 0 Å². The van der Waals surface area contributed by atoms with E-state index in [0.29, 0.717) is 6.61 Å². The number of nitrogens with one attached hydrogen (secondary N) is 1. The van der Waals surface area contributed by atoms with Crippen LogP contribution in [0.4, 0.5) is 0 Å². The fraction of sp³-hybridized carbons (Fsp3) is 0.375. The number of thioether (sulfide) groups is 1. The second-order valence-corrected chi connectivity index (χ2v) is 6.70. The van der Waals surface area contributed by atoms with Crippen LogP contribution in [0.5, 0.6) is 5.75 Å². The topological polar surface area (TPSA) is 21.3 Å². The number of para-hydroxylation sites is 1. The van der Waals surface area contributed by atoms with Gasteiger partial charge < -0.3 is 10.1 Å². The Kier molecular flexibility index (Phi) is 5.95. The number of hydrogen-bond acceptors (Lipinski definition) is 4. The molecule has 2 aromatic rings. The normalized spacial score (nSPS) is 10.8. The first-order valence-electron chi connectivity index (χ1n) is 6.79. The summed E-state index contributed by atoms with van der Waals surface area (Å²) in [5.41, 5.74) is 1.29. The summed E-state index contributed by atoms with van der Waals surface area (Å²) in [6.45, 7) is 6.89. The van der Waals surface area contributed by atoms with Gasteiger partial charge in [0, 0.05) is 26.8 Å². The molecule has 2 rings (SSSR count). The number of ether oxygens (including phenoxy) is 1. The molecule has 4 heteroatoms. The lowest BCUT2D eigenvalue weighted by molar-refractivity contribution is 0.298. The highest BCUT2D eigenvalue weighted by Crippen LogP contribution is 2.29. The quantitative estimate of drug-likeness (QED) is 0.763. The molecule has 0 saturated heterocycles. The van der Waals surface area contributed by atoms with Crippen molar-refractivity contribution >= 4 is 23.1 Å². The van der Waals surface area contributed by atoms with E-state index in [1.807, 2.05) is 29.5 Å². The fourth-order valence-electron chi connectivity index (χ4n) is 1.96. The van der Waals surface area contributed by atoms with Gasteiger partial charge >= 0.3 is 0 Å². The Morgan fingerprint density at radius 2 is 2.10 bits per heavy atom. The zero-order chi connectivity index (χ0) is 14.4. The average Bonchev–Trinajstić information content (AvgIpc) is 2.83. The van der Waals surface area contributed by atoms with Crippen molar-refractivity contribution < 1.29 is 4.74 Å². The third-order valence-electron chi connectivity index (χ3n) is 3.07. The molecule has 1 aromatic heterocycles. The zero-order valence-electron chi connectivity index (χ0n) is 12.2. The van der Waals surface area contributed by atoms with Gasteiger partial charge in [-0.05, 0) is 37.9 Å². The van der Waals surface area contributed by atoms with Crippen LogP contribution in [0.1, 0.15) is 22.2 Å². The average molecular weight is 307 g/mol. The van der Waals surface area contributed by atoms with Gasteiger partial charge in [-0.25, -0.2) is 0 Å². The van der Waals surface area contributed by atoms with E-state index >= 15 is 0 Å². The molecule has 0 radical (unpaired) electrons. The molecular formula is C16H21NOS2. The van der Waals surface area contributed by atoms with E-state index in [0.717, 1.165) is 18.8 Å². The fourth-order valence-corrected chi connectivity index (χ4v) is 3.52. The van der Waals surface area contributed by atoms with E-state index < -0.39 is 0 Å². The second kappa shape index (κ2) is 7.72. The van der Waals surface area contributed by atoms with Gasteiger partial charge in [-0.1, -0.05) is 19.1 Å². The number of hydrogen-bond donors (Lipinski definition) is 1. The summed E-state index contributed by atoms with van der Waals surface area (Å²) in [5.74, 6) is 0.971. The van der Waals surface area contributed by atoms with Gasteiger partial charge in [-0.15, -0.1) is 23.1 Å². The monoisotopic (exact) mass is 307 g/mol. The minimum absolute atomic E-state index is 0.645. The summed E-state index contributed by atoms with van der Waals surface area (Å²) >= 11 is 3.57. The zero-order valence-corrected chi connectivity index (χ0v) is 13.9. The standard InChI is InChI=1S/C16H21NOS2/c1-4-17-10-14-9-13(12(2)20-14)11-18-15-7-5-6-8-16(15)19-3/h5-9,17H,4,10-11H2,1-3H3. The molecule has 0 fully saturated rings. The van der Waals surface area contributed by atoms with E-state index in [9.17, 15) is 0 Å². The van der Waals surface area contributed by atoms with Crippen LogP contribution < -0.4 is 10.1 Å². The highest BCUT2D eigenvalue weighted by Gasteiger charge is 2.07. The van der Waals surface area contributed by atoms with Crippen LogP contribution in [-0.2, 0) is 13.2 Å². The molecule has 1 N–H and O–H groups in total. The van der Waals surface area contributed by atoms with Gasteiger partial charge in [0.15, 0.2) is 0 Å². The highest BCUT2D eigenvalue weighted by molar-refractivity contribution is 7.98. The Balaban J connectivity index is 2.01. The SMILES string of the molecule is CCNCc1cc(COc2ccccc2SC)c(C)s1. The molecule has 108 valence electrons. The maximum atomic E-state index is 5.98. The molecule has 0 amide bonds. The molecule has 1 aromatic carbocycles. The van der Waals surface area contributed by atoms with E-state index in [1.54, 1.807) is 11.8 Å². The summed E-state index contributed by atoms with van der Waals surface area (Å²) in [6.07, 6.45) is 2.08. The Hall–Kier alpha value is -0.970. The third-order valence-corrected chi connectivity index (χ3v) is 4.94. The van der Waals surface area contributed by atoms with Crippen LogP contribution in [0, 0.1) is 6.92 Å². The molecule has 0 atom stereocenters. The number of thiophene rings is 1. The van der Waals surface area contributed by atoms with Gasteiger partial charge in [0.2, 0.25) is 0 Å². The predicted octanol–water partition coefficient (Wildman–Crippen LogP) is 4.47. The molecule has 20 heavy (non-hydrogen) atoms. The summed E-state index contributed by atoms with van der Waals surface area (Å²) in [7, 11) is 0. The first kappa shape index (κ1) is 15.4. The summed E-state index contributed by atoms with van der Waals surface area (Å²) in [6, 6.07) is 10.4. The van der Waals surface area contributed by atoms with Gasteiger partial charge in [-0.2, -0.15) is 0 Å². The molecule has 0 spiro atoms. The van der Waals surface area contributed by atoms with Crippen LogP contribution in [0.2, 0.25) is 0 Å². The molecular weight excluding hydrogens is 286 g/mol. The number of benzene rings is 1. The van der Waals surface area contributed by atoms with Crippen LogP contribution >= 0.6 is 23.1 Å². The van der Waals surface area contributed by atoms with Crippen molar-refractivity contribution in [3.05, 3.63) is 45.6 Å². The van der Waals surface area contributed by atoms with Crippen molar-refractivity contribution in [2.75, 3.05) is 12.8 Å². The van der Waals surface area contributed by atoms with Crippen molar-refractivity contribution in [2.45, 2.75) is 31.9 Å². The van der Waals surface area contributed by atoms with Crippen LogP contribution in [0.25, 0.3) is 0 Å². The minimum atomic E-state index is 0.645. The smallest absolute Gasteiger partial charge is 0.133 e. The Morgan fingerprint density at radius 1 is 1.30 bits per heavy atom. The highest BCUT2D eigenvalue weighted by atomic mass is 32.2. The van der Waals surface area contributed by atoms with Crippen LogP contribution in [0.15, 0.2) is 35.2 Å². The molecule has 0 bridgehead atoms. The Bertz CT molecular complexity index is 551. The largest absolute Gasteiger partial charge is 0.488 e. The van der Waals surface area contributed by atoms with E-state index in [1.165, 1.54) is 20.2 Å². The van der Waals surface area contributed by atoms with E-state index in [4.69, 9.17) is 4.74 Å². The Labute approximate surface area is 129 Å². The van der Waals surface area contributed by atoms with Gasteiger partial charge in [-0.3, -0.25) is 0 Å². The first-order valence-corrected chi connectivity index (χ1v) is 8.83. The molecule has 0 aliphatic carbocycles. The van der Waals surface area contributed by atoms with Gasteiger partial charge in [0.25, 0.3) is 0 Å². The second-order valence-electron chi connectivity index (χ2n) is 4.51. The summed E-state index contributed by atoms with van der Waals surface area (Å²) < 4.78 is 5.98. The summed E-state index contributed by atoms with van der Waals surface area (Å²) in [5, 5.41) is 3.36. The van der Waals surface area contributed by atoms with Crippen molar-refractivity contribution in [3.8, 4) is 5.75 Å². The Morgan fingerprint density at radius 3 is 2.85 bits per heavy atom. The van der Waals surface area contributed by atoms with Crippen LogP contribution in [0.3, 0.4) is 0 Å². The molecule has 0 unspecified atom stereocenters. The minimum Gasteiger partial charge on any atom is -0.488 e. The van der Waals surface area contributed by atoms with E-state index in [2.05, 4.69) is 37.6 Å². The third kappa shape index (κ3) is 4.01. The maximum absolute atomic E-state index is 5.98. The van der Waals surface area contributed by atoms with Crippen LogP contribution in [-0.4, -0.2) is 12.8 Å². The first-order chi connectivity index (χ1) is 9.74. The lowest BCUT2D eigenvalue weighted by atomic mass is 10.2. The van der Waals surface area contributed by atoms with Gasteiger partial charge in [0.1, 0.15) is 12.4 Å². The van der Waals surface area contributed by atoms with Crippen molar-refractivity contribution in [2.24, 2.45) is 0 Å². The number of rotatable bonds is 7. The predicted molar refractivity (Wildman–Crippen MR) is 89.0 cm³/mol. The van der Waals surface area contributed by atoms with Crippen molar-refractivity contribution in [3.63, 3.8) is 0 Å². The van der Waals surface area contributed by atoms with Crippen molar-refractivity contribution in [1.82, 2.24) is 5.32 Å². The van der Waals surface area contributed by atoms with Crippen molar-refractivity contribution in [1.29, 1.82) is 0 Å². The summed E-state index contributed by atoms with van der Waals surface area (Å²) in [4.78, 5) is 3.91. The maximum Gasteiger partial charge on any atom is 0.133 e. The van der Waals surface area contributed by atoms with E-state index in [-0.39, 0.29) is 0 Å². The molecule has 2 nitrogen and oxygen atoms in total. The molecule has 1 heterocycles. The molecule has 0 aliphatic rings. The lowest BCUT2D eigenvalue weighted by Gasteiger charge is -2.09.